The van der Waals surface area contributed by atoms with Crippen molar-refractivity contribution in [1.82, 2.24) is 15.2 Å². The Labute approximate surface area is 83.3 Å². The Balaban J connectivity index is 2.81. The molecule has 2 rings (SSSR count). The number of aromatic nitrogens is 3. The number of anilines is 1. The molecule has 4 nitrogen and oxygen atoms in total. The molecule has 0 fully saturated rings. The van der Waals surface area contributed by atoms with Crippen LogP contribution in [0.5, 0.6) is 0 Å². The molecule has 0 saturated carbocycles. The third kappa shape index (κ3) is 1.47. The number of nitrogen functional groups attached to an aromatic ring is 1. The van der Waals surface area contributed by atoms with E-state index in [0.717, 1.165) is 21.1 Å². The van der Waals surface area contributed by atoms with Crippen LogP contribution in [-0.2, 0) is 0 Å². The van der Waals surface area contributed by atoms with Gasteiger partial charge in [-0.2, -0.15) is 0 Å². The highest BCUT2D eigenvalue weighted by atomic mass is 79.9. The van der Waals surface area contributed by atoms with E-state index in [-0.39, 0.29) is 5.95 Å². The highest BCUT2D eigenvalue weighted by Gasteiger charge is 2.02. The van der Waals surface area contributed by atoms with Gasteiger partial charge in [0.15, 0.2) is 0 Å². The van der Waals surface area contributed by atoms with Crippen molar-refractivity contribution >= 4 is 32.9 Å². The molecule has 1 aromatic carbocycles. The van der Waals surface area contributed by atoms with Crippen LogP contribution in [0.2, 0.25) is 0 Å². The van der Waals surface area contributed by atoms with E-state index in [0.29, 0.717) is 0 Å². The predicted octanol–water partition coefficient (Wildman–Crippen LogP) is 1.68. The number of fused-ring (bicyclic) bond motifs is 1. The summed E-state index contributed by atoms with van der Waals surface area (Å²) in [5.74, 6) is 0.203. The number of aryl methyl sites for hydroxylation is 1. The van der Waals surface area contributed by atoms with Gasteiger partial charge in [0, 0.05) is 4.47 Å². The van der Waals surface area contributed by atoms with E-state index in [2.05, 4.69) is 31.1 Å². The normalized spacial score (nSPS) is 10.6. The van der Waals surface area contributed by atoms with Gasteiger partial charge in [0.25, 0.3) is 0 Å². The smallest absolute Gasteiger partial charge is 0.240 e. The van der Waals surface area contributed by atoms with Crippen molar-refractivity contribution in [2.75, 3.05) is 5.73 Å². The molecule has 0 aliphatic heterocycles. The molecule has 0 aliphatic rings. The first kappa shape index (κ1) is 8.37. The van der Waals surface area contributed by atoms with Crippen LogP contribution in [0, 0.1) is 6.92 Å². The van der Waals surface area contributed by atoms with E-state index in [1.807, 2.05) is 19.1 Å². The molecule has 2 aromatic rings. The molecular weight excluding hydrogens is 232 g/mol. The van der Waals surface area contributed by atoms with Gasteiger partial charge in [-0.3, -0.25) is 0 Å². The molecule has 1 aromatic heterocycles. The minimum atomic E-state index is 0.203. The van der Waals surface area contributed by atoms with Gasteiger partial charge >= 0.3 is 0 Å². The van der Waals surface area contributed by atoms with Gasteiger partial charge in [-0.05, 0) is 24.6 Å². The second-order valence-electron chi connectivity index (χ2n) is 2.76. The number of rotatable bonds is 0. The molecule has 0 atom stereocenters. The van der Waals surface area contributed by atoms with Gasteiger partial charge in [0.1, 0.15) is 5.52 Å². The molecule has 2 N–H and O–H groups in total. The van der Waals surface area contributed by atoms with Crippen molar-refractivity contribution in [3.63, 3.8) is 0 Å². The standard InChI is InChI=1S/C8H7BrN4/c1-4-2-6-7(3-5(4)9)12-13-8(10)11-6/h2-3H,1H3,(H2,10,11,13). The predicted molar refractivity (Wildman–Crippen MR) is 54.2 cm³/mol. The first-order valence-electron chi connectivity index (χ1n) is 3.73. The van der Waals surface area contributed by atoms with E-state index < -0.39 is 0 Å². The lowest BCUT2D eigenvalue weighted by Gasteiger charge is -2.00. The average molecular weight is 239 g/mol. The maximum atomic E-state index is 5.42. The minimum Gasteiger partial charge on any atom is -0.366 e. The van der Waals surface area contributed by atoms with Gasteiger partial charge < -0.3 is 5.73 Å². The molecule has 1 heterocycles. The summed E-state index contributed by atoms with van der Waals surface area (Å²) in [5, 5.41) is 7.59. The number of halogens is 1. The van der Waals surface area contributed by atoms with Gasteiger partial charge in [-0.15, -0.1) is 10.2 Å². The van der Waals surface area contributed by atoms with E-state index >= 15 is 0 Å². The fourth-order valence-electron chi connectivity index (χ4n) is 1.08. The maximum Gasteiger partial charge on any atom is 0.240 e. The van der Waals surface area contributed by atoms with Crippen LogP contribution in [0.25, 0.3) is 11.0 Å². The van der Waals surface area contributed by atoms with Crippen molar-refractivity contribution in [1.29, 1.82) is 0 Å². The van der Waals surface area contributed by atoms with Crippen LogP contribution in [0.3, 0.4) is 0 Å². The lowest BCUT2D eigenvalue weighted by molar-refractivity contribution is 1.04. The highest BCUT2D eigenvalue weighted by molar-refractivity contribution is 9.10. The summed E-state index contributed by atoms with van der Waals surface area (Å²) in [6, 6.07) is 3.80. The molecule has 0 spiro atoms. The molecule has 0 bridgehead atoms. The maximum absolute atomic E-state index is 5.42. The second-order valence-corrected chi connectivity index (χ2v) is 3.61. The summed E-state index contributed by atoms with van der Waals surface area (Å²) in [4.78, 5) is 4.06. The van der Waals surface area contributed by atoms with Crippen LogP contribution < -0.4 is 5.73 Å². The number of benzene rings is 1. The second kappa shape index (κ2) is 2.92. The van der Waals surface area contributed by atoms with Crippen molar-refractivity contribution < 1.29 is 0 Å². The molecule has 0 saturated heterocycles. The third-order valence-electron chi connectivity index (χ3n) is 1.75. The molecule has 0 radical (unpaired) electrons. The number of hydrogen-bond donors (Lipinski definition) is 1. The minimum absolute atomic E-state index is 0.203. The SMILES string of the molecule is Cc1cc2nc(N)nnc2cc1Br. The summed E-state index contributed by atoms with van der Waals surface area (Å²) in [6.07, 6.45) is 0. The lowest BCUT2D eigenvalue weighted by Crippen LogP contribution is -1.97. The lowest BCUT2D eigenvalue weighted by atomic mass is 10.2. The van der Waals surface area contributed by atoms with Crippen molar-refractivity contribution in [3.8, 4) is 0 Å². The van der Waals surface area contributed by atoms with Gasteiger partial charge in [-0.25, -0.2) is 4.98 Å². The zero-order chi connectivity index (χ0) is 9.42. The van der Waals surface area contributed by atoms with E-state index in [1.54, 1.807) is 0 Å². The summed E-state index contributed by atoms with van der Waals surface area (Å²) < 4.78 is 1.00. The Kier molecular flexibility index (Phi) is 1.88. The summed E-state index contributed by atoms with van der Waals surface area (Å²) >= 11 is 3.41. The average Bonchev–Trinajstić information content (AvgIpc) is 2.08. The zero-order valence-electron chi connectivity index (χ0n) is 6.95. The van der Waals surface area contributed by atoms with Gasteiger partial charge in [0.05, 0.1) is 5.52 Å². The molecule has 66 valence electrons. The summed E-state index contributed by atoms with van der Waals surface area (Å²) in [5.41, 5.74) is 8.03. The monoisotopic (exact) mass is 238 g/mol. The quantitative estimate of drug-likeness (QED) is 0.759. The number of hydrogen-bond acceptors (Lipinski definition) is 4. The molecule has 0 unspecified atom stereocenters. The Hall–Kier alpha value is -1.23. The Morgan fingerprint density at radius 1 is 1.23 bits per heavy atom. The summed E-state index contributed by atoms with van der Waals surface area (Å²) in [6.45, 7) is 1.99. The fraction of sp³-hybridized carbons (Fsp3) is 0.125. The van der Waals surface area contributed by atoms with Crippen molar-refractivity contribution in [2.24, 2.45) is 0 Å². The number of nitrogens with zero attached hydrogens (tertiary/aromatic N) is 3. The molecular formula is C8H7BrN4. The Morgan fingerprint density at radius 2 is 2.00 bits per heavy atom. The topological polar surface area (TPSA) is 64.7 Å². The first-order chi connectivity index (χ1) is 6.16. The van der Waals surface area contributed by atoms with Gasteiger partial charge in [-0.1, -0.05) is 15.9 Å². The molecule has 13 heavy (non-hydrogen) atoms. The molecule has 0 amide bonds. The first-order valence-corrected chi connectivity index (χ1v) is 4.52. The van der Waals surface area contributed by atoms with Crippen LogP contribution in [-0.4, -0.2) is 15.2 Å². The van der Waals surface area contributed by atoms with Gasteiger partial charge in [0.2, 0.25) is 5.95 Å². The molecule has 5 heteroatoms. The van der Waals surface area contributed by atoms with E-state index in [9.17, 15) is 0 Å². The van der Waals surface area contributed by atoms with Crippen molar-refractivity contribution in [2.45, 2.75) is 6.92 Å². The van der Waals surface area contributed by atoms with Crippen LogP contribution in [0.15, 0.2) is 16.6 Å². The van der Waals surface area contributed by atoms with Crippen LogP contribution in [0.4, 0.5) is 5.95 Å². The summed E-state index contributed by atoms with van der Waals surface area (Å²) in [7, 11) is 0. The van der Waals surface area contributed by atoms with E-state index in [1.165, 1.54) is 0 Å². The van der Waals surface area contributed by atoms with Crippen LogP contribution in [0.1, 0.15) is 5.56 Å². The Morgan fingerprint density at radius 3 is 2.77 bits per heavy atom. The zero-order valence-corrected chi connectivity index (χ0v) is 8.54. The number of nitrogens with two attached hydrogens (primary N) is 1. The van der Waals surface area contributed by atoms with Crippen LogP contribution >= 0.6 is 15.9 Å². The van der Waals surface area contributed by atoms with Crippen molar-refractivity contribution in [3.05, 3.63) is 22.2 Å². The molecule has 0 aliphatic carbocycles. The third-order valence-corrected chi connectivity index (χ3v) is 2.61. The Bertz CT molecular complexity index is 469. The highest BCUT2D eigenvalue weighted by Crippen LogP contribution is 2.20. The fourth-order valence-corrected chi connectivity index (χ4v) is 1.41. The van der Waals surface area contributed by atoms with E-state index in [4.69, 9.17) is 5.73 Å². The largest absolute Gasteiger partial charge is 0.366 e.